The van der Waals surface area contributed by atoms with E-state index in [1.54, 1.807) is 11.3 Å². The van der Waals surface area contributed by atoms with Gasteiger partial charge in [-0.25, -0.2) is 4.79 Å². The summed E-state index contributed by atoms with van der Waals surface area (Å²) in [5.41, 5.74) is -0.0602. The first-order chi connectivity index (χ1) is 11.1. The van der Waals surface area contributed by atoms with Gasteiger partial charge in [0.05, 0.1) is 0 Å². The molecule has 7 heteroatoms. The molecule has 2 heterocycles. The van der Waals surface area contributed by atoms with Crippen LogP contribution in [0.4, 0.5) is 4.79 Å². The summed E-state index contributed by atoms with van der Waals surface area (Å²) in [6, 6.07) is 1.45. The standard InChI is InChI=1S/C16H21N3O3S/c1-2-3-8-17-13(20)10-19-14(21)16(18-15(19)22)7-4-5-12-11(16)6-9-23-12/h6,9H,2-5,7-8,10H2,1H3,(H,17,20)(H,18,22)/t16-/m1/s1. The third-order valence-corrected chi connectivity index (χ3v) is 5.47. The van der Waals surface area contributed by atoms with Gasteiger partial charge in [-0.3, -0.25) is 14.5 Å². The van der Waals surface area contributed by atoms with E-state index in [1.165, 1.54) is 0 Å². The second-order valence-electron chi connectivity index (χ2n) is 6.04. The highest BCUT2D eigenvalue weighted by atomic mass is 32.1. The van der Waals surface area contributed by atoms with Crippen LogP contribution in [0.15, 0.2) is 11.4 Å². The van der Waals surface area contributed by atoms with Crippen LogP contribution in [0.3, 0.4) is 0 Å². The molecule has 3 rings (SSSR count). The second-order valence-corrected chi connectivity index (χ2v) is 7.04. The van der Waals surface area contributed by atoms with E-state index < -0.39 is 11.6 Å². The molecule has 1 aliphatic carbocycles. The van der Waals surface area contributed by atoms with Crippen molar-refractivity contribution in [3.05, 3.63) is 21.9 Å². The molecule has 4 amide bonds. The number of fused-ring (bicyclic) bond motifs is 2. The Morgan fingerprint density at radius 3 is 3.09 bits per heavy atom. The summed E-state index contributed by atoms with van der Waals surface area (Å²) in [5, 5.41) is 7.55. The summed E-state index contributed by atoms with van der Waals surface area (Å²) < 4.78 is 0. The molecule has 1 fully saturated rings. The fourth-order valence-electron chi connectivity index (χ4n) is 3.29. The number of rotatable bonds is 5. The Morgan fingerprint density at radius 1 is 1.48 bits per heavy atom. The quantitative estimate of drug-likeness (QED) is 0.635. The van der Waals surface area contributed by atoms with Gasteiger partial charge in [-0.2, -0.15) is 0 Å². The molecule has 0 unspecified atom stereocenters. The molecule has 2 N–H and O–H groups in total. The maximum atomic E-state index is 12.9. The summed E-state index contributed by atoms with van der Waals surface area (Å²) in [4.78, 5) is 39.3. The first-order valence-electron chi connectivity index (χ1n) is 8.06. The Morgan fingerprint density at radius 2 is 2.30 bits per heavy atom. The third kappa shape index (κ3) is 2.73. The van der Waals surface area contributed by atoms with Gasteiger partial charge >= 0.3 is 6.03 Å². The number of unbranched alkanes of at least 4 members (excludes halogenated alkanes) is 1. The van der Waals surface area contributed by atoms with Crippen LogP contribution in [0.5, 0.6) is 0 Å². The van der Waals surface area contributed by atoms with Crippen LogP contribution >= 0.6 is 11.3 Å². The van der Waals surface area contributed by atoms with Crippen LogP contribution in [-0.2, 0) is 21.5 Å². The average molecular weight is 335 g/mol. The Balaban J connectivity index is 1.75. The molecule has 1 aromatic heterocycles. The van der Waals surface area contributed by atoms with Gasteiger partial charge in [-0.15, -0.1) is 11.3 Å². The van der Waals surface area contributed by atoms with Crippen LogP contribution in [0, 0.1) is 0 Å². The van der Waals surface area contributed by atoms with E-state index in [1.807, 2.05) is 18.4 Å². The molecule has 0 aromatic carbocycles. The zero-order chi connectivity index (χ0) is 16.4. The summed E-state index contributed by atoms with van der Waals surface area (Å²) in [5.74, 6) is -0.590. The van der Waals surface area contributed by atoms with Gasteiger partial charge in [0, 0.05) is 17.0 Å². The van der Waals surface area contributed by atoms with Crippen LogP contribution in [0.25, 0.3) is 0 Å². The molecule has 6 nitrogen and oxygen atoms in total. The van der Waals surface area contributed by atoms with Gasteiger partial charge in [-0.1, -0.05) is 13.3 Å². The number of amides is 4. The lowest BCUT2D eigenvalue weighted by Crippen LogP contribution is -2.46. The van der Waals surface area contributed by atoms with Gasteiger partial charge in [0.2, 0.25) is 5.91 Å². The van der Waals surface area contributed by atoms with Crippen molar-refractivity contribution in [3.8, 4) is 0 Å². The average Bonchev–Trinajstić information content (AvgIpc) is 3.09. The van der Waals surface area contributed by atoms with Crippen molar-refractivity contribution in [1.82, 2.24) is 15.5 Å². The van der Waals surface area contributed by atoms with E-state index >= 15 is 0 Å². The molecule has 1 spiro atoms. The SMILES string of the molecule is CCCCNC(=O)CN1C(=O)N[C@@]2(CCCc3sccc32)C1=O. The lowest BCUT2D eigenvalue weighted by atomic mass is 9.80. The summed E-state index contributed by atoms with van der Waals surface area (Å²) in [6.07, 6.45) is 4.25. The minimum atomic E-state index is -0.964. The third-order valence-electron chi connectivity index (χ3n) is 4.49. The Labute approximate surface area is 139 Å². The highest BCUT2D eigenvalue weighted by Crippen LogP contribution is 2.41. The largest absolute Gasteiger partial charge is 0.355 e. The number of urea groups is 1. The number of nitrogens with one attached hydrogen (secondary N) is 2. The number of carbonyl (C=O) groups is 3. The summed E-state index contributed by atoms with van der Waals surface area (Å²) in [7, 11) is 0. The molecule has 124 valence electrons. The van der Waals surface area contributed by atoms with Gasteiger partial charge < -0.3 is 10.6 Å². The molecule has 1 saturated heterocycles. The van der Waals surface area contributed by atoms with Crippen molar-refractivity contribution < 1.29 is 14.4 Å². The molecule has 23 heavy (non-hydrogen) atoms. The van der Waals surface area contributed by atoms with Crippen molar-refractivity contribution in [2.75, 3.05) is 13.1 Å². The lowest BCUT2D eigenvalue weighted by molar-refractivity contribution is -0.135. The maximum Gasteiger partial charge on any atom is 0.325 e. The number of aryl methyl sites for hydroxylation is 1. The first kappa shape index (κ1) is 16.0. The van der Waals surface area contributed by atoms with Crippen LogP contribution in [0.2, 0.25) is 0 Å². The van der Waals surface area contributed by atoms with Gasteiger partial charge in [0.1, 0.15) is 12.1 Å². The second kappa shape index (κ2) is 6.31. The fourth-order valence-corrected chi connectivity index (χ4v) is 4.29. The normalized spacial score (nSPS) is 23.1. The molecule has 0 saturated carbocycles. The van der Waals surface area contributed by atoms with Crippen molar-refractivity contribution in [1.29, 1.82) is 0 Å². The van der Waals surface area contributed by atoms with Gasteiger partial charge in [0.15, 0.2) is 0 Å². The molecule has 1 aliphatic heterocycles. The highest BCUT2D eigenvalue weighted by Gasteiger charge is 2.54. The predicted octanol–water partition coefficient (Wildman–Crippen LogP) is 1.75. The van der Waals surface area contributed by atoms with Crippen molar-refractivity contribution in [2.24, 2.45) is 0 Å². The monoisotopic (exact) mass is 335 g/mol. The molecule has 1 atom stereocenters. The fraction of sp³-hybridized carbons (Fsp3) is 0.562. The molecule has 2 aliphatic rings. The molecule has 0 bridgehead atoms. The Bertz CT molecular complexity index is 642. The highest BCUT2D eigenvalue weighted by molar-refractivity contribution is 7.10. The lowest BCUT2D eigenvalue weighted by Gasteiger charge is -2.31. The summed E-state index contributed by atoms with van der Waals surface area (Å²) >= 11 is 1.62. The van der Waals surface area contributed by atoms with E-state index in [0.29, 0.717) is 13.0 Å². The van der Waals surface area contributed by atoms with E-state index in [-0.39, 0.29) is 18.4 Å². The van der Waals surface area contributed by atoms with E-state index in [2.05, 4.69) is 10.6 Å². The minimum absolute atomic E-state index is 0.213. The number of imide groups is 1. The van der Waals surface area contributed by atoms with Gasteiger partial charge in [-0.05, 0) is 37.1 Å². The number of nitrogens with zero attached hydrogens (tertiary/aromatic N) is 1. The summed E-state index contributed by atoms with van der Waals surface area (Å²) in [6.45, 7) is 2.39. The number of hydrogen-bond acceptors (Lipinski definition) is 4. The van der Waals surface area contributed by atoms with Crippen LogP contribution < -0.4 is 10.6 Å². The van der Waals surface area contributed by atoms with Crippen molar-refractivity contribution in [2.45, 2.75) is 44.6 Å². The first-order valence-corrected chi connectivity index (χ1v) is 8.94. The number of carbonyl (C=O) groups excluding carboxylic acids is 3. The van der Waals surface area contributed by atoms with E-state index in [0.717, 1.165) is 41.0 Å². The number of hydrogen-bond donors (Lipinski definition) is 2. The zero-order valence-electron chi connectivity index (χ0n) is 13.2. The van der Waals surface area contributed by atoms with Crippen molar-refractivity contribution >= 4 is 29.2 Å². The van der Waals surface area contributed by atoms with Gasteiger partial charge in [0.25, 0.3) is 5.91 Å². The minimum Gasteiger partial charge on any atom is -0.355 e. The van der Waals surface area contributed by atoms with Crippen molar-refractivity contribution in [3.63, 3.8) is 0 Å². The zero-order valence-corrected chi connectivity index (χ0v) is 14.0. The molecule has 0 radical (unpaired) electrons. The molecular weight excluding hydrogens is 314 g/mol. The smallest absolute Gasteiger partial charge is 0.325 e. The number of thiophene rings is 1. The van der Waals surface area contributed by atoms with Crippen LogP contribution in [0.1, 0.15) is 43.0 Å². The van der Waals surface area contributed by atoms with E-state index in [4.69, 9.17) is 0 Å². The molecular formula is C16H21N3O3S. The Kier molecular flexibility index (Phi) is 4.39. The maximum absolute atomic E-state index is 12.9. The van der Waals surface area contributed by atoms with Crippen LogP contribution in [-0.4, -0.2) is 35.8 Å². The van der Waals surface area contributed by atoms with E-state index in [9.17, 15) is 14.4 Å². The predicted molar refractivity (Wildman–Crippen MR) is 87.1 cm³/mol. The molecule has 1 aromatic rings. The Hall–Kier alpha value is -1.89. The topological polar surface area (TPSA) is 78.5 Å².